The van der Waals surface area contributed by atoms with Crippen LogP contribution in [0.3, 0.4) is 0 Å². The van der Waals surface area contributed by atoms with Crippen LogP contribution in [0.2, 0.25) is 0 Å². The van der Waals surface area contributed by atoms with Gasteiger partial charge in [0.2, 0.25) is 0 Å². The number of ether oxygens (including phenoxy) is 4. The summed E-state index contributed by atoms with van der Waals surface area (Å²) in [7, 11) is 1.53. The number of hydrogen-bond acceptors (Lipinski definition) is 7. The van der Waals surface area contributed by atoms with Crippen LogP contribution in [0.15, 0.2) is 103 Å². The molecular weight excluding hydrogens is 534 g/mol. The van der Waals surface area contributed by atoms with Crippen molar-refractivity contribution in [1.82, 2.24) is 4.90 Å². The number of benzene rings is 4. The number of nitrogens with zero attached hydrogens (tertiary/aromatic N) is 1. The molecule has 1 N–H and O–H groups in total. The van der Waals surface area contributed by atoms with Gasteiger partial charge in [-0.15, -0.1) is 0 Å². The average molecular weight is 564 g/mol. The van der Waals surface area contributed by atoms with E-state index in [2.05, 4.69) is 0 Å². The predicted molar refractivity (Wildman–Crippen MR) is 155 cm³/mol. The number of carbonyl (C=O) groups excluding carboxylic acids is 2. The summed E-state index contributed by atoms with van der Waals surface area (Å²) in [6.45, 7) is 1.31. The molecule has 0 spiro atoms. The maximum absolute atomic E-state index is 13.6. The zero-order valence-corrected chi connectivity index (χ0v) is 23.0. The quantitative estimate of drug-likeness (QED) is 0.168. The highest BCUT2D eigenvalue weighted by atomic mass is 16.6. The van der Waals surface area contributed by atoms with Crippen molar-refractivity contribution in [2.24, 2.45) is 0 Å². The summed E-state index contributed by atoms with van der Waals surface area (Å²) in [5.41, 5.74) is 2.76. The average Bonchev–Trinajstić information content (AvgIpc) is 3.29. The lowest BCUT2D eigenvalue weighted by atomic mass is 9.94. The molecule has 42 heavy (non-hydrogen) atoms. The second-order valence-electron chi connectivity index (χ2n) is 9.96. The summed E-state index contributed by atoms with van der Waals surface area (Å²) in [4.78, 5) is 28.5. The molecule has 2 aliphatic rings. The van der Waals surface area contributed by atoms with E-state index in [9.17, 15) is 14.7 Å². The highest BCUT2D eigenvalue weighted by Crippen LogP contribution is 2.43. The van der Waals surface area contributed by atoms with Crippen molar-refractivity contribution in [1.29, 1.82) is 0 Å². The lowest BCUT2D eigenvalue weighted by Crippen LogP contribution is -2.29. The van der Waals surface area contributed by atoms with E-state index in [0.717, 1.165) is 11.1 Å². The fourth-order valence-electron chi connectivity index (χ4n) is 5.22. The van der Waals surface area contributed by atoms with E-state index in [-0.39, 0.29) is 17.9 Å². The Morgan fingerprint density at radius 3 is 2.24 bits per heavy atom. The van der Waals surface area contributed by atoms with Gasteiger partial charge in [0.25, 0.3) is 11.7 Å². The van der Waals surface area contributed by atoms with Gasteiger partial charge in [0.05, 0.1) is 18.7 Å². The predicted octanol–water partition coefficient (Wildman–Crippen LogP) is 5.67. The van der Waals surface area contributed by atoms with E-state index in [4.69, 9.17) is 18.9 Å². The molecule has 8 nitrogen and oxygen atoms in total. The van der Waals surface area contributed by atoms with Crippen molar-refractivity contribution >= 4 is 17.4 Å². The highest BCUT2D eigenvalue weighted by molar-refractivity contribution is 6.46. The molecule has 4 aromatic carbocycles. The summed E-state index contributed by atoms with van der Waals surface area (Å²) in [5.74, 6) is 0.189. The highest BCUT2D eigenvalue weighted by Gasteiger charge is 2.46. The number of Topliss-reactive ketones (excluding diaryl/α,β-unsaturated/α-hetero) is 1. The normalized spacial score (nSPS) is 17.3. The lowest BCUT2D eigenvalue weighted by molar-refractivity contribution is -0.140. The molecule has 1 fully saturated rings. The van der Waals surface area contributed by atoms with Crippen LogP contribution in [0.25, 0.3) is 5.76 Å². The van der Waals surface area contributed by atoms with Crippen molar-refractivity contribution < 1.29 is 33.6 Å². The van der Waals surface area contributed by atoms with Crippen LogP contribution in [-0.2, 0) is 22.7 Å². The Morgan fingerprint density at radius 2 is 1.52 bits per heavy atom. The number of rotatable bonds is 8. The second-order valence-corrected chi connectivity index (χ2v) is 9.96. The molecular formula is C34H29NO7. The maximum Gasteiger partial charge on any atom is 0.295 e. The van der Waals surface area contributed by atoms with Crippen molar-refractivity contribution in [2.75, 3.05) is 20.3 Å². The number of fused-ring (bicyclic) bond motifs is 1. The van der Waals surface area contributed by atoms with Crippen LogP contribution >= 0.6 is 0 Å². The molecule has 2 heterocycles. The second kappa shape index (κ2) is 11.7. The first kappa shape index (κ1) is 27.0. The zero-order valence-electron chi connectivity index (χ0n) is 23.0. The summed E-state index contributed by atoms with van der Waals surface area (Å²) in [6.07, 6.45) is 0. The number of hydrogen-bond donors (Lipinski definition) is 1. The van der Waals surface area contributed by atoms with Gasteiger partial charge in [-0.05, 0) is 47.0 Å². The minimum atomic E-state index is -0.879. The standard InChI is InChI=1S/C34H29NO7/c1-39-28-18-24(12-14-26(28)42-21-23-10-6-3-7-11-23)31-30(32(36)25-13-15-27-29(19-25)41-17-16-40-27)33(37)34(38)35(31)20-22-8-4-2-5-9-22/h2-15,18-19,31,36H,16-17,20-21H2,1H3/t31-/m1/s1. The molecule has 1 atom stereocenters. The van der Waals surface area contributed by atoms with Gasteiger partial charge < -0.3 is 29.0 Å². The Morgan fingerprint density at radius 1 is 0.833 bits per heavy atom. The van der Waals surface area contributed by atoms with Crippen LogP contribution in [-0.4, -0.2) is 42.0 Å². The van der Waals surface area contributed by atoms with E-state index in [1.165, 1.54) is 12.0 Å². The van der Waals surface area contributed by atoms with Crippen molar-refractivity contribution in [3.05, 3.63) is 125 Å². The van der Waals surface area contributed by atoms with E-state index in [0.29, 0.717) is 53.9 Å². The van der Waals surface area contributed by atoms with E-state index >= 15 is 0 Å². The van der Waals surface area contributed by atoms with Gasteiger partial charge in [-0.25, -0.2) is 0 Å². The molecule has 6 rings (SSSR count). The first-order valence-electron chi connectivity index (χ1n) is 13.6. The summed E-state index contributed by atoms with van der Waals surface area (Å²) in [5, 5.41) is 11.5. The fourth-order valence-corrected chi connectivity index (χ4v) is 5.22. The van der Waals surface area contributed by atoms with Gasteiger partial charge in [0.1, 0.15) is 25.6 Å². The Hall–Kier alpha value is -5.24. The summed E-state index contributed by atoms with van der Waals surface area (Å²) >= 11 is 0. The molecule has 8 heteroatoms. The van der Waals surface area contributed by atoms with Crippen molar-refractivity contribution in [2.45, 2.75) is 19.2 Å². The molecule has 0 aliphatic carbocycles. The van der Waals surface area contributed by atoms with Gasteiger partial charge in [0, 0.05) is 12.1 Å². The lowest BCUT2D eigenvalue weighted by Gasteiger charge is -2.26. The SMILES string of the molecule is COc1cc([C@@H]2C(=C(O)c3ccc4c(c3)OCCO4)C(=O)C(=O)N2Cc2ccccc2)ccc1OCc1ccccc1. The fraction of sp³-hybridized carbons (Fsp3) is 0.176. The molecule has 1 amide bonds. The van der Waals surface area contributed by atoms with Crippen LogP contribution in [0.1, 0.15) is 28.3 Å². The van der Waals surface area contributed by atoms with E-state index < -0.39 is 17.7 Å². The molecule has 0 unspecified atom stereocenters. The van der Waals surface area contributed by atoms with Gasteiger partial charge in [-0.1, -0.05) is 66.7 Å². The van der Waals surface area contributed by atoms with Gasteiger partial charge in [-0.2, -0.15) is 0 Å². The Balaban J connectivity index is 1.42. The number of ketones is 1. The minimum absolute atomic E-state index is 0.0207. The smallest absolute Gasteiger partial charge is 0.295 e. The zero-order chi connectivity index (χ0) is 29.1. The molecule has 2 aliphatic heterocycles. The maximum atomic E-state index is 13.6. The third-order valence-electron chi connectivity index (χ3n) is 7.29. The molecule has 212 valence electrons. The topological polar surface area (TPSA) is 94.5 Å². The van der Waals surface area contributed by atoms with Crippen LogP contribution in [0, 0.1) is 0 Å². The number of methoxy groups -OCH3 is 1. The summed E-state index contributed by atoms with van der Waals surface area (Å²) in [6, 6.07) is 28.5. The Kier molecular flexibility index (Phi) is 7.51. The molecule has 1 saturated heterocycles. The Labute approximate surface area is 243 Å². The molecule has 0 bridgehead atoms. The molecule has 4 aromatic rings. The van der Waals surface area contributed by atoms with Crippen LogP contribution in [0.5, 0.6) is 23.0 Å². The number of amides is 1. The molecule has 0 radical (unpaired) electrons. The van der Waals surface area contributed by atoms with Crippen molar-refractivity contribution in [3.63, 3.8) is 0 Å². The van der Waals surface area contributed by atoms with Crippen LogP contribution < -0.4 is 18.9 Å². The molecule has 0 saturated carbocycles. The van der Waals surface area contributed by atoms with Crippen molar-refractivity contribution in [3.8, 4) is 23.0 Å². The number of aliphatic hydroxyl groups is 1. The third kappa shape index (κ3) is 5.26. The largest absolute Gasteiger partial charge is 0.507 e. The van der Waals surface area contributed by atoms with Crippen LogP contribution in [0.4, 0.5) is 0 Å². The van der Waals surface area contributed by atoms with Gasteiger partial charge in [-0.3, -0.25) is 9.59 Å². The monoisotopic (exact) mass is 563 g/mol. The van der Waals surface area contributed by atoms with E-state index in [1.54, 1.807) is 36.4 Å². The summed E-state index contributed by atoms with van der Waals surface area (Å²) < 4.78 is 23.0. The first-order valence-corrected chi connectivity index (χ1v) is 13.6. The number of likely N-dealkylation sites (tertiary alicyclic amines) is 1. The number of aliphatic hydroxyl groups excluding tert-OH is 1. The van der Waals surface area contributed by atoms with E-state index in [1.807, 2.05) is 60.7 Å². The van der Waals surface area contributed by atoms with Gasteiger partial charge in [0.15, 0.2) is 23.0 Å². The number of carbonyl (C=O) groups is 2. The van der Waals surface area contributed by atoms with Gasteiger partial charge >= 0.3 is 0 Å². The first-order chi connectivity index (χ1) is 20.5. The Bertz CT molecular complexity index is 1650. The molecule has 0 aromatic heterocycles. The minimum Gasteiger partial charge on any atom is -0.507 e. The third-order valence-corrected chi connectivity index (χ3v) is 7.29.